The highest BCUT2D eigenvalue weighted by molar-refractivity contribution is 5.94. The van der Waals surface area contributed by atoms with Crippen LogP contribution in [-0.4, -0.2) is 11.1 Å². The van der Waals surface area contributed by atoms with Gasteiger partial charge in [-0.15, -0.1) is 0 Å². The molecule has 0 aliphatic rings. The molecule has 0 saturated carbocycles. The third kappa shape index (κ3) is 2.55. The van der Waals surface area contributed by atoms with Crippen molar-refractivity contribution in [2.75, 3.05) is 5.73 Å². The fourth-order valence-corrected chi connectivity index (χ4v) is 1.26. The van der Waals surface area contributed by atoms with E-state index in [9.17, 15) is 9.90 Å². The molecule has 2 aromatic carbocycles. The third-order valence-electron chi connectivity index (χ3n) is 2.07. The number of hydrogen-bond acceptors (Lipinski definition) is 4. The van der Waals surface area contributed by atoms with Crippen LogP contribution in [0.5, 0.6) is 11.5 Å². The largest absolute Gasteiger partial charge is 0.507 e. The summed E-state index contributed by atoms with van der Waals surface area (Å²) in [7, 11) is 0. The number of aromatic hydroxyl groups is 1. The van der Waals surface area contributed by atoms with Crippen LogP contribution in [0.15, 0.2) is 48.5 Å². The summed E-state index contributed by atoms with van der Waals surface area (Å²) in [6.07, 6.45) is 0. The summed E-state index contributed by atoms with van der Waals surface area (Å²) in [5.41, 5.74) is 5.38. The van der Waals surface area contributed by atoms with Crippen molar-refractivity contribution < 1.29 is 17.4 Å². The molecule has 0 unspecified atom stereocenters. The van der Waals surface area contributed by atoms with E-state index >= 15 is 0 Å². The Morgan fingerprint density at radius 3 is 2.76 bits per heavy atom. The van der Waals surface area contributed by atoms with Crippen molar-refractivity contribution in [3.63, 3.8) is 0 Å². The lowest BCUT2D eigenvalue weighted by Gasteiger charge is -2.06. The van der Waals surface area contributed by atoms with Crippen LogP contribution in [0.2, 0.25) is 0 Å². The molecule has 0 bridgehead atoms. The molecule has 0 aliphatic heterocycles. The number of nitrogens with two attached hydrogens (primary N) is 1. The standard InChI is InChI=1S/C13H11NO3/c14-9-6-7-11(12(15)8-9)13(16)17-10-4-2-1-3-5-10/h1-8,15H,14H2/i1D,6D. The second-order valence-electron chi connectivity index (χ2n) is 3.31. The van der Waals surface area contributed by atoms with E-state index in [1.807, 2.05) is 0 Å². The smallest absolute Gasteiger partial charge is 0.347 e. The van der Waals surface area contributed by atoms with Crippen LogP contribution in [0.25, 0.3) is 0 Å². The number of hydrogen-bond donors (Lipinski definition) is 2. The number of carbonyl (C=O) groups excluding carboxylic acids is 1. The first-order chi connectivity index (χ1) is 8.97. The van der Waals surface area contributed by atoms with Gasteiger partial charge in [-0.3, -0.25) is 0 Å². The molecule has 0 radical (unpaired) electrons. The molecule has 2 rings (SSSR count). The number of rotatable bonds is 2. The molecule has 0 fully saturated rings. The van der Waals surface area contributed by atoms with Crippen molar-refractivity contribution in [3.8, 4) is 11.5 Å². The van der Waals surface area contributed by atoms with E-state index in [4.69, 9.17) is 13.2 Å². The maximum Gasteiger partial charge on any atom is 0.347 e. The maximum atomic E-state index is 11.8. The van der Waals surface area contributed by atoms with Gasteiger partial charge in [0.25, 0.3) is 0 Å². The lowest BCUT2D eigenvalue weighted by Crippen LogP contribution is -2.08. The summed E-state index contributed by atoms with van der Waals surface area (Å²) in [6, 6.07) is 8.39. The van der Waals surface area contributed by atoms with E-state index in [0.717, 1.165) is 12.1 Å². The highest BCUT2D eigenvalue weighted by Crippen LogP contribution is 2.22. The summed E-state index contributed by atoms with van der Waals surface area (Å²) in [5.74, 6) is -0.872. The number of phenolic OH excluding ortho intramolecular Hbond substituents is 1. The lowest BCUT2D eigenvalue weighted by molar-refractivity contribution is 0.0732. The van der Waals surface area contributed by atoms with Gasteiger partial charge in [0.05, 0.1) is 2.74 Å². The molecule has 4 nitrogen and oxygen atoms in total. The highest BCUT2D eigenvalue weighted by atomic mass is 16.5. The predicted octanol–water partition coefficient (Wildman–Crippen LogP) is 2.19. The molecular formula is C13H11NO3. The maximum absolute atomic E-state index is 11.8. The Labute approximate surface area is 101 Å². The Bertz CT molecular complexity index is 627. The summed E-state index contributed by atoms with van der Waals surface area (Å²) in [6.45, 7) is 0. The first-order valence-corrected chi connectivity index (χ1v) is 4.85. The van der Waals surface area contributed by atoms with Crippen molar-refractivity contribution in [1.29, 1.82) is 0 Å². The van der Waals surface area contributed by atoms with Gasteiger partial charge in [0, 0.05) is 11.8 Å². The summed E-state index contributed by atoms with van der Waals surface area (Å²) >= 11 is 0. The van der Waals surface area contributed by atoms with Crippen LogP contribution in [0.3, 0.4) is 0 Å². The summed E-state index contributed by atoms with van der Waals surface area (Å²) in [4.78, 5) is 11.8. The van der Waals surface area contributed by atoms with Gasteiger partial charge >= 0.3 is 5.97 Å². The Hall–Kier alpha value is -2.49. The van der Waals surface area contributed by atoms with Gasteiger partial charge in [-0.2, -0.15) is 0 Å². The third-order valence-corrected chi connectivity index (χ3v) is 2.07. The summed E-state index contributed by atoms with van der Waals surface area (Å²) in [5, 5.41) is 9.61. The molecule has 0 aliphatic carbocycles. The van der Waals surface area contributed by atoms with Crippen LogP contribution in [0.4, 0.5) is 5.69 Å². The molecule has 86 valence electrons. The summed E-state index contributed by atoms with van der Waals surface area (Å²) < 4.78 is 19.8. The van der Waals surface area contributed by atoms with Crippen LogP contribution < -0.4 is 10.5 Å². The van der Waals surface area contributed by atoms with Gasteiger partial charge in [-0.25, -0.2) is 4.79 Å². The molecule has 0 amide bonds. The van der Waals surface area contributed by atoms with Gasteiger partial charge in [0.1, 0.15) is 17.1 Å². The number of benzene rings is 2. The Kier molecular flexibility index (Phi) is 2.32. The molecule has 0 heterocycles. The van der Waals surface area contributed by atoms with Crippen molar-refractivity contribution in [1.82, 2.24) is 0 Å². The average Bonchev–Trinajstić information content (AvgIpc) is 2.36. The molecule has 0 atom stereocenters. The minimum Gasteiger partial charge on any atom is -0.507 e. The molecular weight excluding hydrogens is 218 g/mol. The Balaban J connectivity index is 2.25. The quantitative estimate of drug-likeness (QED) is 0.472. The van der Waals surface area contributed by atoms with Crippen LogP contribution >= 0.6 is 0 Å². The van der Waals surface area contributed by atoms with Crippen molar-refractivity contribution in [2.24, 2.45) is 0 Å². The zero-order chi connectivity index (χ0) is 14.0. The van der Waals surface area contributed by atoms with Gasteiger partial charge < -0.3 is 15.6 Å². The number of ether oxygens (including phenoxy) is 1. The SMILES string of the molecule is [2H]c1ccc(OC(=O)c2cc([2H])c(N)cc2O)cc1. The zero-order valence-electron chi connectivity index (χ0n) is 10.8. The number of phenols is 1. The number of carbonyl (C=O) groups is 1. The van der Waals surface area contributed by atoms with Crippen LogP contribution in [-0.2, 0) is 0 Å². The fraction of sp³-hybridized carbons (Fsp3) is 0. The van der Waals surface area contributed by atoms with Gasteiger partial charge in [-0.05, 0) is 24.2 Å². The monoisotopic (exact) mass is 231 g/mol. The molecule has 17 heavy (non-hydrogen) atoms. The normalized spacial score (nSPS) is 11.5. The van der Waals surface area contributed by atoms with Gasteiger partial charge in [0.2, 0.25) is 0 Å². The molecule has 3 N–H and O–H groups in total. The number of esters is 1. The minimum absolute atomic E-state index is 0.0637. The van der Waals surface area contributed by atoms with E-state index in [-0.39, 0.29) is 28.8 Å². The Morgan fingerprint density at radius 2 is 2.06 bits per heavy atom. The van der Waals surface area contributed by atoms with Crippen molar-refractivity contribution >= 4 is 11.7 Å². The molecule has 0 saturated heterocycles. The molecule has 0 aromatic heterocycles. The van der Waals surface area contributed by atoms with Crippen molar-refractivity contribution in [2.45, 2.75) is 0 Å². The number of nitrogen functional groups attached to an aromatic ring is 1. The minimum atomic E-state index is -0.788. The van der Waals surface area contributed by atoms with Crippen molar-refractivity contribution in [3.05, 3.63) is 54.0 Å². The second kappa shape index (κ2) is 4.57. The molecule has 4 heteroatoms. The van der Waals surface area contributed by atoms with Crippen LogP contribution in [0, 0.1) is 0 Å². The first kappa shape index (κ1) is 8.64. The number of para-hydroxylation sites is 1. The molecule has 2 aromatic rings. The number of anilines is 1. The van der Waals surface area contributed by atoms with E-state index < -0.39 is 5.97 Å². The first-order valence-electron chi connectivity index (χ1n) is 5.85. The van der Waals surface area contributed by atoms with Gasteiger partial charge in [-0.1, -0.05) is 18.2 Å². The van der Waals surface area contributed by atoms with E-state index in [2.05, 4.69) is 0 Å². The van der Waals surface area contributed by atoms with Gasteiger partial charge in [0.15, 0.2) is 0 Å². The fourth-order valence-electron chi connectivity index (χ4n) is 1.26. The molecule has 0 spiro atoms. The second-order valence-corrected chi connectivity index (χ2v) is 3.31. The van der Waals surface area contributed by atoms with E-state index in [1.54, 1.807) is 0 Å². The average molecular weight is 231 g/mol. The highest BCUT2D eigenvalue weighted by Gasteiger charge is 2.13. The van der Waals surface area contributed by atoms with E-state index in [1.165, 1.54) is 24.3 Å². The zero-order valence-corrected chi connectivity index (χ0v) is 8.81. The Morgan fingerprint density at radius 1 is 1.35 bits per heavy atom. The van der Waals surface area contributed by atoms with E-state index in [0.29, 0.717) is 6.04 Å². The topological polar surface area (TPSA) is 72.5 Å². The van der Waals surface area contributed by atoms with Crippen LogP contribution in [0.1, 0.15) is 13.1 Å². The predicted molar refractivity (Wildman–Crippen MR) is 63.9 cm³/mol. The lowest BCUT2D eigenvalue weighted by atomic mass is 10.2.